The van der Waals surface area contributed by atoms with E-state index < -0.39 is 0 Å². The molecule has 0 amide bonds. The molecule has 0 saturated carbocycles. The minimum atomic E-state index is 0.376. The van der Waals surface area contributed by atoms with Crippen LogP contribution >= 0.6 is 0 Å². The summed E-state index contributed by atoms with van der Waals surface area (Å²) in [5.41, 5.74) is 3.38. The first-order valence-corrected chi connectivity index (χ1v) is 6.95. The predicted octanol–water partition coefficient (Wildman–Crippen LogP) is 4.06. The van der Waals surface area contributed by atoms with E-state index in [1.165, 1.54) is 11.3 Å². The van der Waals surface area contributed by atoms with Gasteiger partial charge in [-0.25, -0.2) is 0 Å². The Kier molecular flexibility index (Phi) is 4.56. The molecule has 0 saturated heterocycles. The maximum absolute atomic E-state index is 11.1. The lowest BCUT2D eigenvalue weighted by atomic mass is 10.1. The number of hydrogen-bond acceptors (Lipinski definition) is 1. The van der Waals surface area contributed by atoms with Gasteiger partial charge in [-0.15, -0.1) is 0 Å². The van der Waals surface area contributed by atoms with Crippen LogP contribution in [0.2, 0.25) is 0 Å². The molecule has 0 unspecified atom stereocenters. The highest BCUT2D eigenvalue weighted by molar-refractivity contribution is 5.72. The standard InChI is InChI=1S/C17H21NO/c1-3-14(2)18-16(11-12-17(18)13-19)10-9-15-7-5-4-6-8-15/h4-8,11-14H,3,9-10H2,1-2H3/t14-/m1/s1. The molecule has 1 heterocycles. The molecule has 1 aromatic heterocycles. The van der Waals surface area contributed by atoms with Crippen molar-refractivity contribution in [2.24, 2.45) is 0 Å². The summed E-state index contributed by atoms with van der Waals surface area (Å²) in [6.07, 6.45) is 3.98. The van der Waals surface area contributed by atoms with Crippen LogP contribution < -0.4 is 0 Å². The van der Waals surface area contributed by atoms with Crippen LogP contribution in [0.15, 0.2) is 42.5 Å². The fourth-order valence-electron chi connectivity index (χ4n) is 2.45. The fraction of sp³-hybridized carbons (Fsp3) is 0.353. The zero-order valence-electron chi connectivity index (χ0n) is 11.7. The SMILES string of the molecule is CC[C@@H](C)n1c(C=O)ccc1CCc1ccccc1. The molecule has 19 heavy (non-hydrogen) atoms. The van der Waals surface area contributed by atoms with Crippen molar-refractivity contribution < 1.29 is 4.79 Å². The highest BCUT2D eigenvalue weighted by Crippen LogP contribution is 2.19. The molecule has 0 spiro atoms. The van der Waals surface area contributed by atoms with Crippen LogP contribution in [0.1, 0.15) is 48.1 Å². The second-order valence-corrected chi connectivity index (χ2v) is 4.98. The molecular weight excluding hydrogens is 234 g/mol. The maximum Gasteiger partial charge on any atom is 0.166 e. The van der Waals surface area contributed by atoms with Gasteiger partial charge in [-0.3, -0.25) is 4.79 Å². The van der Waals surface area contributed by atoms with E-state index in [1.54, 1.807) is 0 Å². The number of nitrogens with zero attached hydrogens (tertiary/aromatic N) is 1. The monoisotopic (exact) mass is 255 g/mol. The van der Waals surface area contributed by atoms with Crippen LogP contribution in [0, 0.1) is 0 Å². The highest BCUT2D eigenvalue weighted by Gasteiger charge is 2.12. The molecule has 1 atom stereocenters. The lowest BCUT2D eigenvalue weighted by Crippen LogP contribution is -2.11. The van der Waals surface area contributed by atoms with Crippen molar-refractivity contribution in [1.29, 1.82) is 0 Å². The first-order valence-electron chi connectivity index (χ1n) is 6.95. The Morgan fingerprint density at radius 1 is 1.11 bits per heavy atom. The van der Waals surface area contributed by atoms with Crippen molar-refractivity contribution >= 4 is 6.29 Å². The van der Waals surface area contributed by atoms with Gasteiger partial charge in [0.2, 0.25) is 0 Å². The third-order valence-corrected chi connectivity index (χ3v) is 3.70. The second kappa shape index (κ2) is 6.37. The molecule has 0 aliphatic heterocycles. The molecule has 2 heteroatoms. The maximum atomic E-state index is 11.1. The summed E-state index contributed by atoms with van der Waals surface area (Å²) in [4.78, 5) is 11.1. The minimum absolute atomic E-state index is 0.376. The summed E-state index contributed by atoms with van der Waals surface area (Å²) >= 11 is 0. The summed E-state index contributed by atoms with van der Waals surface area (Å²) < 4.78 is 2.18. The summed E-state index contributed by atoms with van der Waals surface area (Å²) in [5, 5.41) is 0. The summed E-state index contributed by atoms with van der Waals surface area (Å²) in [6.45, 7) is 4.32. The van der Waals surface area contributed by atoms with Crippen molar-refractivity contribution in [1.82, 2.24) is 4.57 Å². The summed E-state index contributed by atoms with van der Waals surface area (Å²) in [5.74, 6) is 0. The zero-order chi connectivity index (χ0) is 13.7. The lowest BCUT2D eigenvalue weighted by Gasteiger charge is -2.17. The molecule has 0 aliphatic rings. The molecule has 0 radical (unpaired) electrons. The van der Waals surface area contributed by atoms with E-state index in [-0.39, 0.29) is 0 Å². The largest absolute Gasteiger partial charge is 0.340 e. The molecule has 2 aromatic rings. The van der Waals surface area contributed by atoms with Crippen molar-refractivity contribution in [3.05, 3.63) is 59.4 Å². The number of aromatic nitrogens is 1. The molecule has 2 rings (SSSR count). The van der Waals surface area contributed by atoms with Crippen molar-refractivity contribution in [3.8, 4) is 0 Å². The Labute approximate surface area is 115 Å². The van der Waals surface area contributed by atoms with E-state index in [9.17, 15) is 4.79 Å². The Morgan fingerprint density at radius 2 is 1.84 bits per heavy atom. The number of aldehydes is 1. The van der Waals surface area contributed by atoms with Crippen molar-refractivity contribution in [3.63, 3.8) is 0 Å². The van der Waals surface area contributed by atoms with Gasteiger partial charge in [0.1, 0.15) is 0 Å². The third kappa shape index (κ3) is 3.14. The van der Waals surface area contributed by atoms with Crippen LogP contribution in [0.5, 0.6) is 0 Å². The van der Waals surface area contributed by atoms with E-state index in [1.807, 2.05) is 12.1 Å². The van der Waals surface area contributed by atoms with Gasteiger partial charge in [0.05, 0.1) is 5.69 Å². The third-order valence-electron chi connectivity index (χ3n) is 3.70. The molecule has 2 nitrogen and oxygen atoms in total. The van der Waals surface area contributed by atoms with E-state index in [2.05, 4.69) is 48.7 Å². The Balaban J connectivity index is 2.16. The number of carbonyl (C=O) groups excluding carboxylic acids is 1. The number of hydrogen-bond donors (Lipinski definition) is 0. The highest BCUT2D eigenvalue weighted by atomic mass is 16.1. The van der Waals surface area contributed by atoms with Gasteiger partial charge < -0.3 is 4.57 Å². The van der Waals surface area contributed by atoms with Gasteiger partial charge in [-0.05, 0) is 43.9 Å². The smallest absolute Gasteiger partial charge is 0.166 e. The quantitative estimate of drug-likeness (QED) is 0.713. The molecule has 0 bridgehead atoms. The number of carbonyl (C=O) groups is 1. The van der Waals surface area contributed by atoms with Gasteiger partial charge in [0.15, 0.2) is 6.29 Å². The zero-order valence-corrected chi connectivity index (χ0v) is 11.7. The first-order chi connectivity index (χ1) is 9.26. The summed E-state index contributed by atoms with van der Waals surface area (Å²) in [7, 11) is 0. The van der Waals surface area contributed by atoms with Crippen LogP contribution in [0.3, 0.4) is 0 Å². The van der Waals surface area contributed by atoms with Gasteiger partial charge >= 0.3 is 0 Å². The van der Waals surface area contributed by atoms with E-state index in [4.69, 9.17) is 0 Å². The van der Waals surface area contributed by atoms with Gasteiger partial charge in [-0.1, -0.05) is 37.3 Å². The topological polar surface area (TPSA) is 22.0 Å². The van der Waals surface area contributed by atoms with Crippen LogP contribution in [0.25, 0.3) is 0 Å². The molecule has 100 valence electrons. The van der Waals surface area contributed by atoms with Crippen LogP contribution in [0.4, 0.5) is 0 Å². The minimum Gasteiger partial charge on any atom is -0.340 e. The number of aryl methyl sites for hydroxylation is 2. The Hall–Kier alpha value is -1.83. The Morgan fingerprint density at radius 3 is 2.47 bits per heavy atom. The van der Waals surface area contributed by atoms with Crippen molar-refractivity contribution in [2.75, 3.05) is 0 Å². The van der Waals surface area contributed by atoms with Gasteiger partial charge in [-0.2, -0.15) is 0 Å². The second-order valence-electron chi connectivity index (χ2n) is 4.98. The Bertz CT molecular complexity index is 527. The van der Waals surface area contributed by atoms with E-state index in [0.29, 0.717) is 6.04 Å². The average Bonchev–Trinajstić information content (AvgIpc) is 2.88. The van der Waals surface area contributed by atoms with Crippen LogP contribution in [-0.4, -0.2) is 10.9 Å². The first kappa shape index (κ1) is 13.6. The van der Waals surface area contributed by atoms with Crippen LogP contribution in [-0.2, 0) is 12.8 Å². The predicted molar refractivity (Wildman–Crippen MR) is 78.7 cm³/mol. The van der Waals surface area contributed by atoms with Gasteiger partial charge in [0.25, 0.3) is 0 Å². The molecular formula is C17H21NO. The fourth-order valence-corrected chi connectivity index (χ4v) is 2.45. The molecule has 0 aliphatic carbocycles. The molecule has 0 N–H and O–H groups in total. The average molecular weight is 255 g/mol. The molecule has 0 fully saturated rings. The van der Waals surface area contributed by atoms with Crippen molar-refractivity contribution in [2.45, 2.75) is 39.2 Å². The van der Waals surface area contributed by atoms with E-state index in [0.717, 1.165) is 31.2 Å². The van der Waals surface area contributed by atoms with Gasteiger partial charge in [0, 0.05) is 11.7 Å². The molecule has 1 aromatic carbocycles. The lowest BCUT2D eigenvalue weighted by molar-refractivity contribution is 0.111. The summed E-state index contributed by atoms with van der Waals surface area (Å²) in [6, 6.07) is 14.9. The normalized spacial score (nSPS) is 12.3. The number of rotatable bonds is 6. The number of benzene rings is 1. The van der Waals surface area contributed by atoms with E-state index >= 15 is 0 Å².